The van der Waals surface area contributed by atoms with Crippen molar-refractivity contribution in [3.8, 4) is 11.3 Å². The molecule has 1 aromatic carbocycles. The van der Waals surface area contributed by atoms with Gasteiger partial charge in [-0.2, -0.15) is 0 Å². The highest BCUT2D eigenvalue weighted by Crippen LogP contribution is 2.47. The number of benzene rings is 1. The number of alkyl halides is 1. The van der Waals surface area contributed by atoms with Crippen molar-refractivity contribution < 1.29 is 23.6 Å². The first-order valence-electron chi connectivity index (χ1n) is 13.5. The third-order valence-corrected chi connectivity index (χ3v) is 9.03. The summed E-state index contributed by atoms with van der Waals surface area (Å²) in [6.45, 7) is 0.120. The van der Waals surface area contributed by atoms with Crippen LogP contribution in [0.1, 0.15) is 66.3 Å². The highest BCUT2D eigenvalue weighted by molar-refractivity contribution is 6.39. The van der Waals surface area contributed by atoms with Crippen LogP contribution in [0.15, 0.2) is 47.2 Å². The number of ether oxygens (including phenoxy) is 1. The molecular weight excluding hydrogens is 558 g/mol. The predicted octanol–water partition coefficient (Wildman–Crippen LogP) is 6.93. The first-order valence-corrected chi connectivity index (χ1v) is 14.2. The Labute approximate surface area is 239 Å². The van der Waals surface area contributed by atoms with Gasteiger partial charge >= 0.3 is 5.97 Å². The Morgan fingerprint density at radius 3 is 2.52 bits per heavy atom. The fraction of sp³-hybridized carbons (Fsp3) is 0.414. The lowest BCUT2D eigenvalue weighted by molar-refractivity contribution is -0.0164. The Balaban J connectivity index is 1.08. The summed E-state index contributed by atoms with van der Waals surface area (Å²) in [6.07, 6.45) is 7.59. The highest BCUT2D eigenvalue weighted by Gasteiger charge is 2.49. The van der Waals surface area contributed by atoms with E-state index in [1.165, 1.54) is 6.20 Å². The van der Waals surface area contributed by atoms with E-state index in [1.807, 2.05) is 6.07 Å². The SMILES string of the molecule is O=C(O)c1cnc2ccc(N3C4CCC3CC(F)(COCc3c(-c5c(Cl)cccc5Cl)noc3C3CC3)C4)cn12. The van der Waals surface area contributed by atoms with Gasteiger partial charge in [-0.3, -0.25) is 4.40 Å². The first-order chi connectivity index (χ1) is 19.3. The van der Waals surface area contributed by atoms with Crippen LogP contribution in [-0.2, 0) is 11.3 Å². The number of carbonyl (C=O) groups is 1. The van der Waals surface area contributed by atoms with Crippen molar-refractivity contribution in [2.24, 2.45) is 0 Å². The minimum absolute atomic E-state index is 0.00305. The van der Waals surface area contributed by atoms with E-state index in [0.29, 0.717) is 39.8 Å². The van der Waals surface area contributed by atoms with Crippen molar-refractivity contribution in [3.63, 3.8) is 0 Å². The van der Waals surface area contributed by atoms with Crippen molar-refractivity contribution in [1.82, 2.24) is 14.5 Å². The third-order valence-electron chi connectivity index (χ3n) is 8.40. The third kappa shape index (κ3) is 4.44. The molecule has 5 heterocycles. The number of anilines is 1. The fourth-order valence-electron chi connectivity index (χ4n) is 6.49. The number of aromatic nitrogens is 3. The molecule has 1 N–H and O–H groups in total. The zero-order chi connectivity index (χ0) is 27.6. The molecule has 2 atom stereocenters. The molecule has 2 unspecified atom stereocenters. The smallest absolute Gasteiger partial charge is 0.354 e. The van der Waals surface area contributed by atoms with Gasteiger partial charge in [-0.25, -0.2) is 14.2 Å². The zero-order valence-electron chi connectivity index (χ0n) is 21.5. The highest BCUT2D eigenvalue weighted by atomic mass is 35.5. The largest absolute Gasteiger partial charge is 0.477 e. The van der Waals surface area contributed by atoms with Crippen LogP contribution in [0.4, 0.5) is 10.1 Å². The summed E-state index contributed by atoms with van der Waals surface area (Å²) in [7, 11) is 0. The van der Waals surface area contributed by atoms with Gasteiger partial charge in [-0.05, 0) is 49.9 Å². The van der Waals surface area contributed by atoms with E-state index in [-0.39, 0.29) is 36.9 Å². The molecule has 4 aromatic rings. The maximum Gasteiger partial charge on any atom is 0.354 e. The van der Waals surface area contributed by atoms with Crippen LogP contribution in [0.25, 0.3) is 16.9 Å². The van der Waals surface area contributed by atoms with Gasteiger partial charge in [-0.1, -0.05) is 34.4 Å². The van der Waals surface area contributed by atoms with E-state index in [1.54, 1.807) is 34.9 Å². The number of carboxylic acids is 1. The predicted molar refractivity (Wildman–Crippen MR) is 148 cm³/mol. The number of hydrogen-bond donors (Lipinski definition) is 1. The van der Waals surface area contributed by atoms with Gasteiger partial charge in [0.05, 0.1) is 35.1 Å². The summed E-state index contributed by atoms with van der Waals surface area (Å²) < 4.78 is 29.7. The number of imidazole rings is 1. The van der Waals surface area contributed by atoms with Gasteiger partial charge in [0.25, 0.3) is 0 Å². The molecule has 3 aromatic heterocycles. The molecule has 11 heteroatoms. The van der Waals surface area contributed by atoms with Gasteiger partial charge in [0.2, 0.25) is 0 Å². The van der Waals surface area contributed by atoms with Crippen molar-refractivity contribution in [3.05, 3.63) is 69.8 Å². The summed E-state index contributed by atoms with van der Waals surface area (Å²) in [5.41, 5.74) is 2.00. The molecule has 0 amide bonds. The van der Waals surface area contributed by atoms with Gasteiger partial charge in [0, 0.05) is 48.2 Å². The molecule has 0 spiro atoms. The molecule has 8 nitrogen and oxygen atoms in total. The zero-order valence-corrected chi connectivity index (χ0v) is 23.0. The molecular formula is C29H27Cl2FN4O4. The number of hydrogen-bond acceptors (Lipinski definition) is 6. The molecule has 3 aliphatic rings. The number of nitrogens with zero attached hydrogens (tertiary/aromatic N) is 4. The molecule has 7 rings (SSSR count). The number of rotatable bonds is 8. The van der Waals surface area contributed by atoms with Crippen LogP contribution in [0.5, 0.6) is 0 Å². The van der Waals surface area contributed by atoms with Crippen LogP contribution >= 0.6 is 23.2 Å². The molecule has 2 bridgehead atoms. The number of fused-ring (bicyclic) bond motifs is 3. The first kappa shape index (κ1) is 25.8. The number of pyridine rings is 1. The molecule has 1 aliphatic carbocycles. The standard InChI is InChI=1S/C29H27Cl2FN4O4/c30-21-2-1-3-22(31)25(21)26-20(27(40-34-26)16-4-5-16)14-39-15-29(32)10-17-6-7-18(11-29)36(17)19-8-9-24-33-12-23(28(37)38)35(24)13-19/h1-3,8-9,12-13,16-18H,4-7,10-11,14-15H2,(H,37,38). The Kier molecular flexibility index (Phi) is 6.29. The van der Waals surface area contributed by atoms with Crippen LogP contribution in [0.3, 0.4) is 0 Å². The average molecular weight is 585 g/mol. The summed E-state index contributed by atoms with van der Waals surface area (Å²) >= 11 is 12.9. The second-order valence-corrected chi connectivity index (χ2v) is 12.0. The van der Waals surface area contributed by atoms with Crippen LogP contribution < -0.4 is 4.90 Å². The lowest BCUT2D eigenvalue weighted by Crippen LogP contribution is -2.51. The monoisotopic (exact) mass is 584 g/mol. The Morgan fingerprint density at radius 1 is 1.12 bits per heavy atom. The average Bonchev–Trinajstić information content (AvgIpc) is 3.43. The summed E-state index contributed by atoms with van der Waals surface area (Å²) in [5, 5.41) is 14.7. The van der Waals surface area contributed by atoms with Crippen molar-refractivity contribution in [1.29, 1.82) is 0 Å². The fourth-order valence-corrected chi connectivity index (χ4v) is 7.07. The Hall–Kier alpha value is -3.14. The maximum atomic E-state index is 16.3. The molecule has 2 saturated heterocycles. The lowest BCUT2D eigenvalue weighted by atomic mass is 9.88. The van der Waals surface area contributed by atoms with E-state index in [4.69, 9.17) is 32.5 Å². The Bertz CT molecular complexity index is 1580. The number of halogens is 3. The second-order valence-electron chi connectivity index (χ2n) is 11.2. The second kappa shape index (κ2) is 9.75. The van der Waals surface area contributed by atoms with E-state index in [0.717, 1.165) is 42.7 Å². The maximum absolute atomic E-state index is 16.3. The van der Waals surface area contributed by atoms with Crippen LogP contribution in [0, 0.1) is 0 Å². The number of piperidine rings is 1. The van der Waals surface area contributed by atoms with Gasteiger partial charge in [0.1, 0.15) is 22.8 Å². The normalized spacial score (nSPS) is 24.2. The molecule has 3 fully saturated rings. The molecule has 40 heavy (non-hydrogen) atoms. The summed E-state index contributed by atoms with van der Waals surface area (Å²) in [4.78, 5) is 18.0. The van der Waals surface area contributed by atoms with Crippen molar-refractivity contribution >= 4 is 40.5 Å². The van der Waals surface area contributed by atoms with E-state index < -0.39 is 11.6 Å². The van der Waals surface area contributed by atoms with Gasteiger partial charge in [-0.15, -0.1) is 0 Å². The summed E-state index contributed by atoms with van der Waals surface area (Å²) in [6, 6.07) is 9.03. The van der Waals surface area contributed by atoms with E-state index >= 15 is 4.39 Å². The van der Waals surface area contributed by atoms with Crippen LogP contribution in [0.2, 0.25) is 10.0 Å². The minimum Gasteiger partial charge on any atom is -0.477 e. The van der Waals surface area contributed by atoms with Gasteiger partial charge in [0.15, 0.2) is 5.69 Å². The molecule has 2 aliphatic heterocycles. The van der Waals surface area contributed by atoms with Crippen molar-refractivity contribution in [2.75, 3.05) is 11.5 Å². The van der Waals surface area contributed by atoms with Crippen molar-refractivity contribution in [2.45, 2.75) is 68.8 Å². The van der Waals surface area contributed by atoms with E-state index in [9.17, 15) is 9.90 Å². The van der Waals surface area contributed by atoms with Gasteiger partial charge < -0.3 is 19.3 Å². The topological polar surface area (TPSA) is 93.1 Å². The molecule has 208 valence electrons. The number of aromatic carboxylic acids is 1. The summed E-state index contributed by atoms with van der Waals surface area (Å²) in [5.74, 6) is 0.0160. The Morgan fingerprint density at radius 2 is 1.85 bits per heavy atom. The quantitative estimate of drug-likeness (QED) is 0.240. The lowest BCUT2D eigenvalue weighted by Gasteiger charge is -2.43. The molecule has 1 saturated carbocycles. The van der Waals surface area contributed by atoms with E-state index in [2.05, 4.69) is 15.0 Å². The van der Waals surface area contributed by atoms with Crippen LogP contribution in [-0.4, -0.2) is 50.0 Å². The minimum atomic E-state index is -1.48. The molecule has 0 radical (unpaired) electrons. The number of carboxylic acid groups (broad SMARTS) is 1.